The lowest BCUT2D eigenvalue weighted by Gasteiger charge is -2.02. The Morgan fingerprint density at radius 2 is 1.96 bits per heavy atom. The van der Waals surface area contributed by atoms with Crippen molar-refractivity contribution >= 4 is 28.3 Å². The minimum atomic E-state index is -0.532. The largest absolute Gasteiger partial charge is 0.464 e. The number of methoxy groups -OCH3 is 1. The lowest BCUT2D eigenvalue weighted by atomic mass is 10.1. The molecule has 7 nitrogen and oxygen atoms in total. The third-order valence-electron chi connectivity index (χ3n) is 4.17. The maximum Gasteiger partial charge on any atom is 0.358 e. The fourth-order valence-electron chi connectivity index (χ4n) is 2.76. The van der Waals surface area contributed by atoms with E-state index in [0.717, 1.165) is 22.5 Å². The van der Waals surface area contributed by atoms with E-state index in [-0.39, 0.29) is 11.6 Å². The maximum absolute atomic E-state index is 12.3. The molecule has 2 heterocycles. The van der Waals surface area contributed by atoms with Crippen molar-refractivity contribution < 1.29 is 14.3 Å². The zero-order valence-electron chi connectivity index (χ0n) is 15.3. The van der Waals surface area contributed by atoms with Crippen molar-refractivity contribution in [1.82, 2.24) is 15.2 Å². The first-order valence-electron chi connectivity index (χ1n) is 8.44. The average Bonchev–Trinajstić information content (AvgIpc) is 3.23. The summed E-state index contributed by atoms with van der Waals surface area (Å²) in [5, 5.41) is 10.2. The highest BCUT2D eigenvalue weighted by Crippen LogP contribution is 2.33. The summed E-state index contributed by atoms with van der Waals surface area (Å²) in [7, 11) is 1.31. The van der Waals surface area contributed by atoms with Crippen molar-refractivity contribution in [2.24, 2.45) is 0 Å². The van der Waals surface area contributed by atoms with E-state index in [1.807, 2.05) is 44.2 Å². The number of hydrogen-bond donors (Lipinski definition) is 2. The molecular weight excluding hydrogens is 364 g/mol. The average molecular weight is 384 g/mol. The minimum absolute atomic E-state index is 0.167. The summed E-state index contributed by atoms with van der Waals surface area (Å²) >= 11 is 1.25. The number of hydrogen-bond acceptors (Lipinski definition) is 6. The number of aromatic nitrogens is 3. The molecule has 0 aliphatic rings. The number of nitrogens with zero attached hydrogens (tertiary/aromatic N) is 2. The van der Waals surface area contributed by atoms with Gasteiger partial charge in [0.15, 0.2) is 10.8 Å². The third kappa shape index (κ3) is 4.22. The Balaban J connectivity index is 1.76. The van der Waals surface area contributed by atoms with Crippen molar-refractivity contribution in [3.05, 3.63) is 53.0 Å². The lowest BCUT2D eigenvalue weighted by molar-refractivity contribution is -0.116. The molecule has 140 valence electrons. The Morgan fingerprint density at radius 1 is 1.22 bits per heavy atom. The fourth-order valence-corrected chi connectivity index (χ4v) is 3.73. The van der Waals surface area contributed by atoms with E-state index in [1.165, 1.54) is 18.4 Å². The molecule has 2 aromatic heterocycles. The van der Waals surface area contributed by atoms with Crippen LogP contribution in [-0.4, -0.2) is 34.2 Å². The zero-order chi connectivity index (χ0) is 19.4. The van der Waals surface area contributed by atoms with Gasteiger partial charge in [-0.05, 0) is 31.4 Å². The number of esters is 1. The van der Waals surface area contributed by atoms with Gasteiger partial charge in [-0.15, -0.1) is 0 Å². The van der Waals surface area contributed by atoms with Gasteiger partial charge in [0.25, 0.3) is 0 Å². The second-order valence-electron chi connectivity index (χ2n) is 6.02. The Hall–Kier alpha value is -3.00. The number of ether oxygens (including phenoxy) is 1. The SMILES string of the molecule is COC(=O)c1nc(NC(=O)CCc2c(C)n[nH]c2C)sc1-c1ccccc1. The summed E-state index contributed by atoms with van der Waals surface area (Å²) in [6.07, 6.45) is 0.885. The Kier molecular flexibility index (Phi) is 5.66. The van der Waals surface area contributed by atoms with Gasteiger partial charge in [-0.2, -0.15) is 5.10 Å². The van der Waals surface area contributed by atoms with Gasteiger partial charge in [-0.3, -0.25) is 9.89 Å². The van der Waals surface area contributed by atoms with Crippen LogP contribution in [0.1, 0.15) is 33.9 Å². The molecule has 0 unspecified atom stereocenters. The van der Waals surface area contributed by atoms with Gasteiger partial charge in [0.05, 0.1) is 17.7 Å². The summed E-state index contributed by atoms with van der Waals surface area (Å²) in [4.78, 5) is 29.3. The first-order chi connectivity index (χ1) is 13.0. The molecule has 0 bridgehead atoms. The monoisotopic (exact) mass is 384 g/mol. The van der Waals surface area contributed by atoms with Crippen LogP contribution in [0.3, 0.4) is 0 Å². The molecule has 0 saturated carbocycles. The summed E-state index contributed by atoms with van der Waals surface area (Å²) in [5.74, 6) is -0.699. The highest BCUT2D eigenvalue weighted by Gasteiger charge is 2.21. The summed E-state index contributed by atoms with van der Waals surface area (Å²) in [6, 6.07) is 9.42. The number of amides is 1. The van der Waals surface area contributed by atoms with Crippen molar-refractivity contribution in [1.29, 1.82) is 0 Å². The molecule has 3 rings (SSSR count). The van der Waals surface area contributed by atoms with Crippen LogP contribution in [0.5, 0.6) is 0 Å². The van der Waals surface area contributed by atoms with Crippen LogP contribution in [0.4, 0.5) is 5.13 Å². The molecule has 1 amide bonds. The Labute approximate surface area is 160 Å². The number of thiazole rings is 1. The van der Waals surface area contributed by atoms with E-state index in [2.05, 4.69) is 20.5 Å². The second kappa shape index (κ2) is 8.13. The highest BCUT2D eigenvalue weighted by molar-refractivity contribution is 7.19. The number of aromatic amines is 1. The van der Waals surface area contributed by atoms with E-state index in [1.54, 1.807) is 0 Å². The van der Waals surface area contributed by atoms with Gasteiger partial charge < -0.3 is 10.1 Å². The molecule has 0 aliphatic carbocycles. The predicted octanol–water partition coefficient (Wildman–Crippen LogP) is 3.51. The molecule has 2 N–H and O–H groups in total. The Bertz CT molecular complexity index is 943. The van der Waals surface area contributed by atoms with Crippen LogP contribution >= 0.6 is 11.3 Å². The summed E-state index contributed by atoms with van der Waals surface area (Å²) in [5.41, 5.74) is 3.96. The number of rotatable bonds is 6. The number of carbonyl (C=O) groups is 2. The van der Waals surface area contributed by atoms with E-state index < -0.39 is 5.97 Å². The first-order valence-corrected chi connectivity index (χ1v) is 9.26. The number of carbonyl (C=O) groups excluding carboxylic acids is 2. The van der Waals surface area contributed by atoms with Crippen LogP contribution in [0, 0.1) is 13.8 Å². The highest BCUT2D eigenvalue weighted by atomic mass is 32.1. The molecule has 3 aromatic rings. The maximum atomic E-state index is 12.3. The van der Waals surface area contributed by atoms with Gasteiger partial charge in [0, 0.05) is 12.1 Å². The van der Waals surface area contributed by atoms with Crippen LogP contribution in [-0.2, 0) is 16.0 Å². The number of aryl methyl sites for hydroxylation is 2. The number of anilines is 1. The first kappa shape index (κ1) is 18.8. The molecule has 1 aromatic carbocycles. The van der Waals surface area contributed by atoms with E-state index in [0.29, 0.717) is 22.9 Å². The van der Waals surface area contributed by atoms with Crippen LogP contribution < -0.4 is 5.32 Å². The van der Waals surface area contributed by atoms with Crippen LogP contribution in [0.2, 0.25) is 0 Å². The van der Waals surface area contributed by atoms with Gasteiger partial charge in [0.1, 0.15) is 0 Å². The van der Waals surface area contributed by atoms with Crippen molar-refractivity contribution in [2.75, 3.05) is 12.4 Å². The van der Waals surface area contributed by atoms with E-state index in [4.69, 9.17) is 4.74 Å². The quantitative estimate of drug-likeness (QED) is 0.634. The number of H-pyrrole nitrogens is 1. The van der Waals surface area contributed by atoms with Gasteiger partial charge in [-0.1, -0.05) is 41.7 Å². The van der Waals surface area contributed by atoms with Crippen molar-refractivity contribution in [3.63, 3.8) is 0 Å². The Morgan fingerprint density at radius 3 is 2.59 bits per heavy atom. The molecule has 0 saturated heterocycles. The standard InChI is InChI=1S/C19H20N4O3S/c1-11-14(12(2)23-22-11)9-10-15(24)20-19-21-16(18(25)26-3)17(27-19)13-7-5-4-6-8-13/h4-8H,9-10H2,1-3H3,(H,22,23)(H,20,21,24). The predicted molar refractivity (Wildman–Crippen MR) is 104 cm³/mol. The molecule has 8 heteroatoms. The fraction of sp³-hybridized carbons (Fsp3) is 0.263. The number of benzene rings is 1. The van der Waals surface area contributed by atoms with Gasteiger partial charge >= 0.3 is 5.97 Å². The number of nitrogens with one attached hydrogen (secondary N) is 2. The van der Waals surface area contributed by atoms with Crippen LogP contribution in [0.15, 0.2) is 30.3 Å². The zero-order valence-corrected chi connectivity index (χ0v) is 16.1. The molecule has 0 aliphatic heterocycles. The normalized spacial score (nSPS) is 10.6. The van der Waals surface area contributed by atoms with Crippen molar-refractivity contribution in [3.8, 4) is 10.4 Å². The molecule has 0 fully saturated rings. The van der Waals surface area contributed by atoms with Crippen LogP contribution in [0.25, 0.3) is 10.4 Å². The van der Waals surface area contributed by atoms with Gasteiger partial charge in [0.2, 0.25) is 5.91 Å². The third-order valence-corrected chi connectivity index (χ3v) is 5.19. The second-order valence-corrected chi connectivity index (χ2v) is 7.01. The van der Waals surface area contributed by atoms with E-state index >= 15 is 0 Å². The molecule has 0 atom stereocenters. The molecule has 0 spiro atoms. The van der Waals surface area contributed by atoms with Crippen molar-refractivity contribution in [2.45, 2.75) is 26.7 Å². The van der Waals surface area contributed by atoms with Gasteiger partial charge in [-0.25, -0.2) is 9.78 Å². The lowest BCUT2D eigenvalue weighted by Crippen LogP contribution is -2.13. The smallest absolute Gasteiger partial charge is 0.358 e. The summed E-state index contributed by atoms with van der Waals surface area (Å²) in [6.45, 7) is 3.84. The topological polar surface area (TPSA) is 97.0 Å². The molecular formula is C19H20N4O3S. The van der Waals surface area contributed by atoms with E-state index in [9.17, 15) is 9.59 Å². The molecule has 0 radical (unpaired) electrons. The molecule has 27 heavy (non-hydrogen) atoms. The minimum Gasteiger partial charge on any atom is -0.464 e. The summed E-state index contributed by atoms with van der Waals surface area (Å²) < 4.78 is 4.82.